The van der Waals surface area contributed by atoms with E-state index in [0.29, 0.717) is 17.2 Å². The summed E-state index contributed by atoms with van der Waals surface area (Å²) >= 11 is 0. The number of fused-ring (bicyclic) bond motifs is 2. The predicted octanol–water partition coefficient (Wildman–Crippen LogP) is 4.43. The van der Waals surface area contributed by atoms with Crippen molar-refractivity contribution in [1.82, 2.24) is 19.8 Å². The van der Waals surface area contributed by atoms with E-state index in [1.807, 2.05) is 60.3 Å². The van der Waals surface area contributed by atoms with Crippen LogP contribution in [0.15, 0.2) is 74.1 Å². The molecule has 2 aromatic carbocycles. The highest BCUT2D eigenvalue weighted by atomic mass is 16.2. The average molecular weight is 453 g/mol. The number of hydrogen-bond acceptors (Lipinski definition) is 3. The third-order valence-corrected chi connectivity index (χ3v) is 6.81. The lowest BCUT2D eigenvalue weighted by Crippen LogP contribution is -2.29. The van der Waals surface area contributed by atoms with Gasteiger partial charge in [0, 0.05) is 58.4 Å². The number of benzene rings is 2. The summed E-state index contributed by atoms with van der Waals surface area (Å²) in [7, 11) is 1.96. The summed E-state index contributed by atoms with van der Waals surface area (Å²) in [5.41, 5.74) is 4.67. The molecule has 2 aliphatic heterocycles. The van der Waals surface area contributed by atoms with E-state index in [-0.39, 0.29) is 11.8 Å². The summed E-state index contributed by atoms with van der Waals surface area (Å²) in [6, 6.07) is 16.5. The van der Waals surface area contributed by atoms with E-state index in [9.17, 15) is 9.59 Å². The molecule has 4 heterocycles. The van der Waals surface area contributed by atoms with Crippen molar-refractivity contribution in [1.29, 1.82) is 0 Å². The van der Waals surface area contributed by atoms with E-state index in [4.69, 9.17) is 0 Å². The van der Waals surface area contributed by atoms with Crippen molar-refractivity contribution in [3.63, 3.8) is 0 Å². The van der Waals surface area contributed by atoms with E-state index < -0.39 is 0 Å². The SMILES string of the molecule is C=C.Cn1cc(C2=C(c3cn(C4CCNCC4)c4ccccc34)C(=O)NC2=O)c2ccccc21. The Morgan fingerprint density at radius 2 is 1.32 bits per heavy atom. The molecule has 2 aromatic heterocycles. The normalized spacial score (nSPS) is 16.7. The van der Waals surface area contributed by atoms with Gasteiger partial charge in [-0.05, 0) is 38.1 Å². The molecular formula is C28H28N4O2. The lowest BCUT2D eigenvalue weighted by molar-refractivity contribution is -0.122. The van der Waals surface area contributed by atoms with Gasteiger partial charge in [0.05, 0.1) is 11.1 Å². The third-order valence-electron chi connectivity index (χ3n) is 6.81. The highest BCUT2D eigenvalue weighted by Gasteiger charge is 2.35. The summed E-state index contributed by atoms with van der Waals surface area (Å²) in [5.74, 6) is -0.661. The standard InChI is InChI=1S/C26H24N4O2.C2H4/c1-29-14-19(17-6-2-4-8-21(17)29)23-24(26(32)28-25(23)31)20-15-30(16-10-12-27-13-11-16)22-9-5-3-7-18(20)22;1-2/h2-9,14-16,27H,10-13H2,1H3,(H,28,31,32);1-2H2. The zero-order valence-corrected chi connectivity index (χ0v) is 19.3. The Labute approximate surface area is 198 Å². The summed E-state index contributed by atoms with van der Waals surface area (Å²) in [4.78, 5) is 26.2. The maximum Gasteiger partial charge on any atom is 0.259 e. The molecular weight excluding hydrogens is 424 g/mol. The molecule has 6 nitrogen and oxygen atoms in total. The summed E-state index contributed by atoms with van der Waals surface area (Å²) in [6.07, 6.45) is 6.11. The van der Waals surface area contributed by atoms with Crippen LogP contribution in [0.5, 0.6) is 0 Å². The highest BCUT2D eigenvalue weighted by Crippen LogP contribution is 2.40. The van der Waals surface area contributed by atoms with Crippen LogP contribution < -0.4 is 10.6 Å². The van der Waals surface area contributed by atoms with E-state index in [1.165, 1.54) is 0 Å². The minimum atomic E-state index is -0.333. The molecule has 0 radical (unpaired) electrons. The van der Waals surface area contributed by atoms with E-state index >= 15 is 0 Å². The van der Waals surface area contributed by atoms with Crippen molar-refractivity contribution >= 4 is 44.8 Å². The Bertz CT molecular complexity index is 1450. The van der Waals surface area contributed by atoms with Gasteiger partial charge in [-0.3, -0.25) is 14.9 Å². The number of aryl methyl sites for hydroxylation is 1. The van der Waals surface area contributed by atoms with Gasteiger partial charge in [0.25, 0.3) is 11.8 Å². The van der Waals surface area contributed by atoms with Crippen molar-refractivity contribution in [2.24, 2.45) is 7.05 Å². The van der Waals surface area contributed by atoms with Gasteiger partial charge >= 0.3 is 0 Å². The number of para-hydroxylation sites is 2. The molecule has 0 spiro atoms. The van der Waals surface area contributed by atoms with Gasteiger partial charge in [0.15, 0.2) is 0 Å². The number of nitrogens with zero attached hydrogens (tertiary/aromatic N) is 2. The number of amides is 2. The van der Waals surface area contributed by atoms with Crippen LogP contribution in [-0.2, 0) is 16.6 Å². The largest absolute Gasteiger partial charge is 0.350 e. The first-order chi connectivity index (χ1) is 16.6. The number of imide groups is 1. The maximum absolute atomic E-state index is 13.1. The first-order valence-electron chi connectivity index (χ1n) is 11.6. The van der Waals surface area contributed by atoms with Crippen LogP contribution in [0.25, 0.3) is 33.0 Å². The molecule has 2 N–H and O–H groups in total. The van der Waals surface area contributed by atoms with E-state index in [0.717, 1.165) is 58.9 Å². The number of aromatic nitrogens is 2. The quantitative estimate of drug-likeness (QED) is 0.357. The van der Waals surface area contributed by atoms with Gasteiger partial charge < -0.3 is 14.5 Å². The number of piperidine rings is 1. The molecule has 0 bridgehead atoms. The van der Waals surface area contributed by atoms with Crippen LogP contribution >= 0.6 is 0 Å². The third kappa shape index (κ3) is 3.38. The molecule has 2 amide bonds. The predicted molar refractivity (Wildman–Crippen MR) is 137 cm³/mol. The minimum Gasteiger partial charge on any atom is -0.350 e. The Morgan fingerprint density at radius 1 is 0.794 bits per heavy atom. The van der Waals surface area contributed by atoms with Crippen LogP contribution in [0.3, 0.4) is 0 Å². The van der Waals surface area contributed by atoms with Crippen LogP contribution in [-0.4, -0.2) is 34.0 Å². The summed E-state index contributed by atoms with van der Waals surface area (Å²) < 4.78 is 4.30. The molecule has 6 rings (SSSR count). The minimum absolute atomic E-state index is 0.328. The van der Waals surface area contributed by atoms with Crippen molar-refractivity contribution in [3.8, 4) is 0 Å². The van der Waals surface area contributed by atoms with Gasteiger partial charge in [0.1, 0.15) is 0 Å². The number of rotatable bonds is 3. The first kappa shape index (κ1) is 21.9. The molecule has 0 atom stereocenters. The van der Waals surface area contributed by atoms with Crippen molar-refractivity contribution in [3.05, 3.63) is 85.2 Å². The Kier molecular flexibility index (Phi) is 5.67. The molecule has 0 aliphatic carbocycles. The number of hydrogen-bond donors (Lipinski definition) is 2. The van der Waals surface area contributed by atoms with E-state index in [2.05, 4.69) is 40.6 Å². The zero-order chi connectivity index (χ0) is 23.8. The molecule has 1 fully saturated rings. The fourth-order valence-electron chi connectivity index (χ4n) is 5.30. The van der Waals surface area contributed by atoms with Crippen LogP contribution in [0.2, 0.25) is 0 Å². The van der Waals surface area contributed by atoms with Crippen LogP contribution in [0, 0.1) is 0 Å². The Morgan fingerprint density at radius 3 is 1.97 bits per heavy atom. The van der Waals surface area contributed by atoms with Gasteiger partial charge in [-0.2, -0.15) is 0 Å². The fraction of sp³-hybridized carbons (Fsp3) is 0.214. The molecule has 0 unspecified atom stereocenters. The fourth-order valence-corrected chi connectivity index (χ4v) is 5.30. The lowest BCUT2D eigenvalue weighted by atomic mass is 9.95. The average Bonchev–Trinajstić information content (AvgIpc) is 3.51. The molecule has 34 heavy (non-hydrogen) atoms. The van der Waals surface area contributed by atoms with Crippen LogP contribution in [0.1, 0.15) is 30.0 Å². The molecule has 6 heteroatoms. The van der Waals surface area contributed by atoms with Crippen molar-refractivity contribution in [2.75, 3.05) is 13.1 Å². The second-order valence-corrected chi connectivity index (χ2v) is 8.65. The number of carbonyl (C=O) groups excluding carboxylic acids is 2. The highest BCUT2D eigenvalue weighted by molar-refractivity contribution is 6.50. The first-order valence-corrected chi connectivity index (χ1v) is 11.6. The second-order valence-electron chi connectivity index (χ2n) is 8.65. The molecule has 1 saturated heterocycles. The van der Waals surface area contributed by atoms with Gasteiger partial charge in [-0.15, -0.1) is 13.2 Å². The Balaban J connectivity index is 0.00000117. The maximum atomic E-state index is 13.1. The molecule has 172 valence electrons. The number of nitrogens with one attached hydrogen (secondary N) is 2. The lowest BCUT2D eigenvalue weighted by Gasteiger charge is -2.25. The molecule has 4 aromatic rings. The zero-order valence-electron chi connectivity index (χ0n) is 19.3. The summed E-state index contributed by atoms with van der Waals surface area (Å²) in [6.45, 7) is 7.96. The summed E-state index contributed by atoms with van der Waals surface area (Å²) in [5, 5.41) is 7.95. The van der Waals surface area contributed by atoms with Gasteiger partial charge in [0.2, 0.25) is 0 Å². The smallest absolute Gasteiger partial charge is 0.259 e. The molecule has 2 aliphatic rings. The van der Waals surface area contributed by atoms with Crippen LogP contribution in [0.4, 0.5) is 0 Å². The van der Waals surface area contributed by atoms with Gasteiger partial charge in [-0.25, -0.2) is 0 Å². The van der Waals surface area contributed by atoms with Gasteiger partial charge in [-0.1, -0.05) is 36.4 Å². The van der Waals surface area contributed by atoms with E-state index in [1.54, 1.807) is 0 Å². The molecule has 0 saturated carbocycles. The Hall–Kier alpha value is -3.90. The topological polar surface area (TPSA) is 68.1 Å². The second kappa shape index (κ2) is 8.80. The number of carbonyl (C=O) groups is 2. The van der Waals surface area contributed by atoms with Crippen molar-refractivity contribution in [2.45, 2.75) is 18.9 Å². The van der Waals surface area contributed by atoms with Crippen molar-refractivity contribution < 1.29 is 9.59 Å². The monoisotopic (exact) mass is 452 g/mol.